The van der Waals surface area contributed by atoms with E-state index in [1.165, 1.54) is 0 Å². The van der Waals surface area contributed by atoms with Crippen LogP contribution in [0.4, 0.5) is 0 Å². The Hall–Kier alpha value is -1.26. The van der Waals surface area contributed by atoms with Crippen molar-refractivity contribution in [2.24, 2.45) is 5.73 Å². The van der Waals surface area contributed by atoms with E-state index in [0.717, 1.165) is 23.5 Å². The number of fused-ring (bicyclic) bond motifs is 1. The van der Waals surface area contributed by atoms with Crippen molar-refractivity contribution < 1.29 is 14.6 Å². The van der Waals surface area contributed by atoms with Crippen LogP contribution in [0.15, 0.2) is 18.2 Å². The first-order chi connectivity index (χ1) is 8.17. The molecule has 0 spiro atoms. The molecule has 17 heavy (non-hydrogen) atoms. The highest BCUT2D eigenvalue weighted by Gasteiger charge is 2.42. The predicted octanol–water partition coefficient (Wildman–Crippen LogP) is 1.16. The topological polar surface area (TPSA) is 64.7 Å². The van der Waals surface area contributed by atoms with Crippen LogP contribution in [-0.4, -0.2) is 24.4 Å². The van der Waals surface area contributed by atoms with E-state index < -0.39 is 5.60 Å². The Balaban J connectivity index is 1.90. The van der Waals surface area contributed by atoms with Gasteiger partial charge in [-0.2, -0.15) is 0 Å². The molecule has 0 aromatic heterocycles. The van der Waals surface area contributed by atoms with E-state index in [4.69, 9.17) is 15.2 Å². The van der Waals surface area contributed by atoms with Gasteiger partial charge in [0.05, 0.1) is 18.8 Å². The summed E-state index contributed by atoms with van der Waals surface area (Å²) >= 11 is 0. The van der Waals surface area contributed by atoms with Crippen molar-refractivity contribution in [1.82, 2.24) is 0 Å². The van der Waals surface area contributed by atoms with Crippen LogP contribution in [0, 0.1) is 0 Å². The second kappa shape index (κ2) is 3.89. The van der Waals surface area contributed by atoms with Gasteiger partial charge in [0.1, 0.15) is 0 Å². The minimum atomic E-state index is -0.774. The lowest BCUT2D eigenvalue weighted by Gasteiger charge is -2.42. The number of hydrogen-bond donors (Lipinski definition) is 2. The Morgan fingerprint density at radius 3 is 2.59 bits per heavy atom. The van der Waals surface area contributed by atoms with Gasteiger partial charge in [-0.05, 0) is 30.5 Å². The summed E-state index contributed by atoms with van der Waals surface area (Å²) in [6.45, 7) is 1.34. The Labute approximate surface area is 100 Å². The summed E-state index contributed by atoms with van der Waals surface area (Å²) in [5.74, 6) is 1.49. The van der Waals surface area contributed by atoms with Gasteiger partial charge in [0.15, 0.2) is 11.5 Å². The summed E-state index contributed by atoms with van der Waals surface area (Å²) in [5, 5.41) is 10.3. The van der Waals surface area contributed by atoms with Crippen LogP contribution in [0.25, 0.3) is 0 Å². The van der Waals surface area contributed by atoms with Crippen LogP contribution in [0.1, 0.15) is 24.8 Å². The van der Waals surface area contributed by atoms with Crippen molar-refractivity contribution >= 4 is 0 Å². The van der Waals surface area contributed by atoms with Crippen LogP contribution < -0.4 is 15.2 Å². The molecule has 1 heterocycles. The summed E-state index contributed by atoms with van der Waals surface area (Å²) in [6, 6.07) is 5.76. The van der Waals surface area contributed by atoms with Crippen molar-refractivity contribution in [3.63, 3.8) is 0 Å². The van der Waals surface area contributed by atoms with Crippen molar-refractivity contribution in [2.75, 3.05) is 13.2 Å². The lowest BCUT2D eigenvalue weighted by Crippen LogP contribution is -2.49. The van der Waals surface area contributed by atoms with Gasteiger partial charge >= 0.3 is 0 Å². The van der Waals surface area contributed by atoms with Crippen LogP contribution in [0.5, 0.6) is 11.5 Å². The highest BCUT2D eigenvalue weighted by atomic mass is 16.5. The van der Waals surface area contributed by atoms with E-state index in [-0.39, 0.29) is 6.04 Å². The predicted molar refractivity (Wildman–Crippen MR) is 63.2 cm³/mol. The number of hydrogen-bond acceptors (Lipinski definition) is 4. The van der Waals surface area contributed by atoms with Gasteiger partial charge in [0.2, 0.25) is 0 Å². The van der Waals surface area contributed by atoms with Gasteiger partial charge in [-0.15, -0.1) is 0 Å². The number of benzene rings is 1. The van der Waals surface area contributed by atoms with Crippen molar-refractivity contribution in [3.05, 3.63) is 23.8 Å². The van der Waals surface area contributed by atoms with Crippen LogP contribution >= 0.6 is 0 Å². The van der Waals surface area contributed by atoms with Gasteiger partial charge in [0.25, 0.3) is 0 Å². The minimum absolute atomic E-state index is 0.107. The van der Waals surface area contributed by atoms with Crippen molar-refractivity contribution in [3.8, 4) is 11.5 Å². The first-order valence-electron chi connectivity index (χ1n) is 6.05. The molecule has 1 saturated carbocycles. The van der Waals surface area contributed by atoms with Crippen molar-refractivity contribution in [2.45, 2.75) is 30.9 Å². The molecule has 92 valence electrons. The first-order valence-corrected chi connectivity index (χ1v) is 6.05. The third-order valence-electron chi connectivity index (χ3n) is 3.48. The second-order valence-corrected chi connectivity index (χ2v) is 4.91. The SMILES string of the molecule is NC1CC(O)(c2ccc3c(c2)OCCCO3)C1. The smallest absolute Gasteiger partial charge is 0.161 e. The second-order valence-electron chi connectivity index (χ2n) is 4.91. The maximum Gasteiger partial charge on any atom is 0.161 e. The molecule has 1 aromatic carbocycles. The zero-order chi connectivity index (χ0) is 11.9. The van der Waals surface area contributed by atoms with E-state index in [9.17, 15) is 5.11 Å². The zero-order valence-electron chi connectivity index (χ0n) is 9.69. The highest BCUT2D eigenvalue weighted by Crippen LogP contribution is 2.43. The number of ether oxygens (including phenoxy) is 2. The van der Waals surface area contributed by atoms with Crippen LogP contribution in [0.3, 0.4) is 0 Å². The largest absolute Gasteiger partial charge is 0.490 e. The standard InChI is InChI=1S/C13H17NO3/c14-10-7-13(15,8-10)9-2-3-11-12(6-9)17-5-1-4-16-11/h2-3,6,10,15H,1,4-5,7-8,14H2. The van der Waals surface area contributed by atoms with Crippen LogP contribution in [-0.2, 0) is 5.60 Å². The Kier molecular flexibility index (Phi) is 2.49. The normalized spacial score (nSPS) is 31.5. The number of rotatable bonds is 1. The average molecular weight is 235 g/mol. The molecule has 0 atom stereocenters. The lowest BCUT2D eigenvalue weighted by molar-refractivity contribution is -0.0524. The number of aliphatic hydroxyl groups is 1. The molecule has 2 aliphatic rings. The van der Waals surface area contributed by atoms with E-state index in [1.807, 2.05) is 18.2 Å². The molecule has 0 amide bonds. The minimum Gasteiger partial charge on any atom is -0.490 e. The fourth-order valence-electron chi connectivity index (χ4n) is 2.50. The molecule has 0 unspecified atom stereocenters. The molecule has 1 fully saturated rings. The van der Waals surface area contributed by atoms with E-state index in [0.29, 0.717) is 26.1 Å². The van der Waals surface area contributed by atoms with Crippen molar-refractivity contribution in [1.29, 1.82) is 0 Å². The van der Waals surface area contributed by atoms with Gasteiger partial charge in [-0.25, -0.2) is 0 Å². The molecule has 4 heteroatoms. The molecule has 1 aromatic rings. The summed E-state index contributed by atoms with van der Waals surface area (Å²) < 4.78 is 11.2. The Bertz CT molecular complexity index is 427. The molecule has 0 bridgehead atoms. The summed E-state index contributed by atoms with van der Waals surface area (Å²) in [6.07, 6.45) is 2.12. The molecule has 3 N–H and O–H groups in total. The Morgan fingerprint density at radius 2 is 1.88 bits per heavy atom. The lowest BCUT2D eigenvalue weighted by atomic mass is 9.72. The maximum absolute atomic E-state index is 10.3. The first kappa shape index (κ1) is 10.9. The molecule has 1 aliphatic heterocycles. The highest BCUT2D eigenvalue weighted by molar-refractivity contribution is 5.45. The van der Waals surface area contributed by atoms with E-state index in [2.05, 4.69) is 0 Å². The molecule has 0 radical (unpaired) electrons. The molecule has 0 saturated heterocycles. The monoisotopic (exact) mass is 235 g/mol. The van der Waals surface area contributed by atoms with E-state index in [1.54, 1.807) is 0 Å². The fourth-order valence-corrected chi connectivity index (χ4v) is 2.50. The Morgan fingerprint density at radius 1 is 1.18 bits per heavy atom. The van der Waals surface area contributed by atoms with Crippen LogP contribution in [0.2, 0.25) is 0 Å². The summed E-state index contributed by atoms with van der Waals surface area (Å²) in [4.78, 5) is 0. The molecule has 3 rings (SSSR count). The zero-order valence-corrected chi connectivity index (χ0v) is 9.69. The molecular weight excluding hydrogens is 218 g/mol. The molecule has 1 aliphatic carbocycles. The van der Waals surface area contributed by atoms with Gasteiger partial charge in [-0.3, -0.25) is 0 Å². The summed E-state index contributed by atoms with van der Waals surface area (Å²) in [7, 11) is 0. The number of nitrogens with two attached hydrogens (primary N) is 1. The summed E-state index contributed by atoms with van der Waals surface area (Å²) in [5.41, 5.74) is 5.84. The third kappa shape index (κ3) is 1.87. The van der Waals surface area contributed by atoms with Gasteiger partial charge in [0, 0.05) is 12.5 Å². The molecule has 4 nitrogen and oxygen atoms in total. The maximum atomic E-state index is 10.3. The fraction of sp³-hybridized carbons (Fsp3) is 0.538. The van der Waals surface area contributed by atoms with E-state index >= 15 is 0 Å². The van der Waals surface area contributed by atoms with Gasteiger partial charge in [-0.1, -0.05) is 6.07 Å². The average Bonchev–Trinajstić information content (AvgIpc) is 2.51. The third-order valence-corrected chi connectivity index (χ3v) is 3.48. The molecular formula is C13H17NO3. The quantitative estimate of drug-likeness (QED) is 0.766. The van der Waals surface area contributed by atoms with Gasteiger partial charge < -0.3 is 20.3 Å².